The number of hydrogen-bond donors (Lipinski definition) is 2. The average molecular weight is 458 g/mol. The number of hydrogen-bond acceptors (Lipinski definition) is 8. The van der Waals surface area contributed by atoms with Crippen molar-refractivity contribution in [3.63, 3.8) is 0 Å². The number of hydrazine groups is 1. The summed E-state index contributed by atoms with van der Waals surface area (Å²) in [7, 11) is 0. The van der Waals surface area contributed by atoms with E-state index in [1.54, 1.807) is 6.92 Å². The lowest BCUT2D eigenvalue weighted by atomic mass is 9.93. The summed E-state index contributed by atoms with van der Waals surface area (Å²) in [5.74, 6) is -0.744. The van der Waals surface area contributed by atoms with Crippen molar-refractivity contribution in [2.45, 2.75) is 30.5 Å². The number of carbonyl (C=O) groups is 3. The molecule has 3 heterocycles. The molecule has 0 bridgehead atoms. The maximum absolute atomic E-state index is 12.8. The number of aryl methyl sites for hydroxylation is 1. The lowest BCUT2D eigenvalue weighted by Gasteiger charge is -2.21. The van der Waals surface area contributed by atoms with Gasteiger partial charge in [0.15, 0.2) is 0 Å². The number of nitrogens with one attached hydrogen (secondary N) is 2. The molecule has 4 amide bonds. The van der Waals surface area contributed by atoms with E-state index < -0.39 is 23.4 Å². The van der Waals surface area contributed by atoms with Gasteiger partial charge in [-0.25, -0.2) is 4.79 Å². The Morgan fingerprint density at radius 1 is 1.23 bits per heavy atom. The van der Waals surface area contributed by atoms with Gasteiger partial charge >= 0.3 is 6.03 Å². The predicted octanol–water partition coefficient (Wildman–Crippen LogP) is 2.86. The first-order valence-electron chi connectivity index (χ1n) is 9.45. The normalized spacial score (nSPS) is 18.3. The van der Waals surface area contributed by atoms with E-state index in [-0.39, 0.29) is 11.0 Å². The molecule has 1 aliphatic heterocycles. The second-order valence-electron chi connectivity index (χ2n) is 7.06. The third-order valence-corrected chi connectivity index (χ3v) is 6.40. The van der Waals surface area contributed by atoms with Gasteiger partial charge in [-0.15, -0.1) is 21.5 Å². The first-order chi connectivity index (χ1) is 14.9. The molecule has 31 heavy (non-hydrogen) atoms. The maximum atomic E-state index is 12.8. The molecule has 11 heteroatoms. The van der Waals surface area contributed by atoms with Crippen LogP contribution in [0.4, 0.5) is 4.79 Å². The van der Waals surface area contributed by atoms with Crippen LogP contribution in [0.3, 0.4) is 0 Å². The lowest BCUT2D eigenvalue weighted by molar-refractivity contribution is -0.138. The smallest absolute Gasteiger partial charge is 0.344 e. The number of amides is 4. The molecule has 1 fully saturated rings. The minimum atomic E-state index is -1.09. The van der Waals surface area contributed by atoms with Gasteiger partial charge in [-0.3, -0.25) is 15.0 Å². The molecule has 160 valence electrons. The highest BCUT2D eigenvalue weighted by molar-refractivity contribution is 7.99. The number of imide groups is 1. The second-order valence-corrected chi connectivity index (χ2v) is 8.94. The fraction of sp³-hybridized carbons (Fsp3) is 0.250. The van der Waals surface area contributed by atoms with Crippen LogP contribution in [0.25, 0.3) is 10.8 Å². The summed E-state index contributed by atoms with van der Waals surface area (Å²) in [5.41, 5.74) is 2.33. The Labute approximate surface area is 186 Å². The Kier molecular flexibility index (Phi) is 6.05. The average Bonchev–Trinajstić information content (AvgIpc) is 3.50. The van der Waals surface area contributed by atoms with Gasteiger partial charge in [0, 0.05) is 0 Å². The van der Waals surface area contributed by atoms with E-state index in [1.807, 2.05) is 47.8 Å². The Balaban J connectivity index is 1.30. The highest BCUT2D eigenvalue weighted by Crippen LogP contribution is 2.26. The van der Waals surface area contributed by atoms with E-state index in [2.05, 4.69) is 20.9 Å². The predicted molar refractivity (Wildman–Crippen MR) is 115 cm³/mol. The van der Waals surface area contributed by atoms with Crippen LogP contribution in [0.1, 0.15) is 18.9 Å². The highest BCUT2D eigenvalue weighted by atomic mass is 32.2. The molecule has 1 aromatic carbocycles. The minimum Gasteiger partial charge on any atom is -0.410 e. The van der Waals surface area contributed by atoms with Crippen molar-refractivity contribution in [3.8, 4) is 10.8 Å². The quantitative estimate of drug-likeness (QED) is 0.394. The standard InChI is InChI=1S/C20H19N5O4S2/c1-20(10-9-13-6-3-2-4-7-13)17(27)25(18(28)21-20)24-15(26)12-31-19-23-22-16(29-19)14-8-5-11-30-14/h2-8,11H,9-10,12H2,1H3,(H,21,28)(H,24,26). The summed E-state index contributed by atoms with van der Waals surface area (Å²) in [6, 6.07) is 12.7. The molecule has 2 N–H and O–H groups in total. The molecule has 4 rings (SSSR count). The van der Waals surface area contributed by atoms with Crippen molar-refractivity contribution in [2.75, 3.05) is 5.75 Å². The van der Waals surface area contributed by atoms with E-state index >= 15 is 0 Å². The van der Waals surface area contributed by atoms with Gasteiger partial charge in [0.05, 0.1) is 10.6 Å². The van der Waals surface area contributed by atoms with Gasteiger partial charge in [-0.05, 0) is 36.8 Å². The van der Waals surface area contributed by atoms with Crippen LogP contribution < -0.4 is 10.7 Å². The monoisotopic (exact) mass is 457 g/mol. The molecule has 9 nitrogen and oxygen atoms in total. The molecule has 1 unspecified atom stereocenters. The number of thiophene rings is 1. The van der Waals surface area contributed by atoms with E-state index in [1.165, 1.54) is 11.3 Å². The zero-order valence-corrected chi connectivity index (χ0v) is 18.2. The zero-order chi connectivity index (χ0) is 21.8. The summed E-state index contributed by atoms with van der Waals surface area (Å²) in [4.78, 5) is 38.2. The van der Waals surface area contributed by atoms with Crippen LogP contribution in [0, 0.1) is 0 Å². The van der Waals surface area contributed by atoms with Gasteiger partial charge in [0.25, 0.3) is 17.0 Å². The highest BCUT2D eigenvalue weighted by Gasteiger charge is 2.48. The van der Waals surface area contributed by atoms with Gasteiger partial charge in [-0.1, -0.05) is 48.2 Å². The molecule has 3 aromatic rings. The number of thioether (sulfide) groups is 1. The summed E-state index contributed by atoms with van der Waals surface area (Å²) >= 11 is 2.49. The first kappa shape index (κ1) is 21.1. The van der Waals surface area contributed by atoms with E-state index in [4.69, 9.17) is 4.42 Å². The van der Waals surface area contributed by atoms with Crippen LogP contribution in [-0.4, -0.2) is 44.3 Å². The number of nitrogens with zero attached hydrogens (tertiary/aromatic N) is 3. The van der Waals surface area contributed by atoms with Crippen molar-refractivity contribution >= 4 is 40.9 Å². The molecule has 1 saturated heterocycles. The summed E-state index contributed by atoms with van der Waals surface area (Å²) in [5, 5.41) is 13.4. The second kappa shape index (κ2) is 8.90. The van der Waals surface area contributed by atoms with Crippen LogP contribution in [0.2, 0.25) is 0 Å². The van der Waals surface area contributed by atoms with Crippen LogP contribution in [0.5, 0.6) is 0 Å². The molecular weight excluding hydrogens is 438 g/mol. The van der Waals surface area contributed by atoms with Crippen LogP contribution in [-0.2, 0) is 16.0 Å². The lowest BCUT2D eigenvalue weighted by Crippen LogP contribution is -2.49. The molecule has 2 aromatic heterocycles. The summed E-state index contributed by atoms with van der Waals surface area (Å²) < 4.78 is 5.51. The Hall–Kier alpha value is -3.18. The van der Waals surface area contributed by atoms with E-state index in [9.17, 15) is 14.4 Å². The van der Waals surface area contributed by atoms with Gasteiger partial charge < -0.3 is 9.73 Å². The molecule has 1 atom stereocenters. The third kappa shape index (κ3) is 4.78. The Bertz CT molecular complexity index is 1090. The number of rotatable bonds is 8. The fourth-order valence-electron chi connectivity index (χ4n) is 3.05. The number of carbonyl (C=O) groups excluding carboxylic acids is 3. The molecular formula is C20H19N5O4S2. The SMILES string of the molecule is CC1(CCc2ccccc2)NC(=O)N(NC(=O)CSc2nnc(-c3cccs3)o2)C1=O. The van der Waals surface area contributed by atoms with E-state index in [0.717, 1.165) is 27.2 Å². The number of urea groups is 1. The minimum absolute atomic E-state index is 0.0934. The van der Waals surface area contributed by atoms with Crippen molar-refractivity contribution in [1.29, 1.82) is 0 Å². The summed E-state index contributed by atoms with van der Waals surface area (Å²) in [6.07, 6.45) is 1.03. The van der Waals surface area contributed by atoms with Gasteiger partial charge in [0.1, 0.15) is 5.54 Å². The Morgan fingerprint density at radius 2 is 2.03 bits per heavy atom. The fourth-order valence-corrected chi connectivity index (χ4v) is 4.25. The molecule has 0 aliphatic carbocycles. The maximum Gasteiger partial charge on any atom is 0.344 e. The Morgan fingerprint density at radius 3 is 2.77 bits per heavy atom. The van der Waals surface area contributed by atoms with Crippen LogP contribution in [0.15, 0.2) is 57.5 Å². The largest absolute Gasteiger partial charge is 0.410 e. The van der Waals surface area contributed by atoms with Gasteiger partial charge in [0.2, 0.25) is 5.91 Å². The first-order valence-corrected chi connectivity index (χ1v) is 11.3. The third-order valence-electron chi connectivity index (χ3n) is 4.72. The van der Waals surface area contributed by atoms with Gasteiger partial charge in [-0.2, -0.15) is 5.01 Å². The number of aromatic nitrogens is 2. The topological polar surface area (TPSA) is 117 Å². The number of benzene rings is 1. The van der Waals surface area contributed by atoms with Crippen molar-refractivity contribution in [2.24, 2.45) is 0 Å². The molecule has 1 aliphatic rings. The van der Waals surface area contributed by atoms with E-state index in [0.29, 0.717) is 18.7 Å². The van der Waals surface area contributed by atoms with Crippen molar-refractivity contribution in [3.05, 3.63) is 53.4 Å². The molecule has 0 spiro atoms. The zero-order valence-electron chi connectivity index (χ0n) is 16.5. The van der Waals surface area contributed by atoms with Crippen LogP contribution >= 0.6 is 23.1 Å². The van der Waals surface area contributed by atoms with Crippen molar-refractivity contribution < 1.29 is 18.8 Å². The van der Waals surface area contributed by atoms with Crippen molar-refractivity contribution in [1.82, 2.24) is 25.9 Å². The summed E-state index contributed by atoms with van der Waals surface area (Å²) in [6.45, 7) is 1.65. The molecule has 0 radical (unpaired) electrons. The molecule has 0 saturated carbocycles.